The molecule has 1 fully saturated rings. The molecule has 1 aromatic carbocycles. The standard InChI is InChI=1S/C16H22BFO4/c1-15(2)16(3,4)22-17(21-15)12-8-6-7-11(14(12)18)9-10-13(19)20-5/h6-8H,9-10H2,1-5H3. The van der Waals surface area contributed by atoms with Crippen LogP contribution in [0.15, 0.2) is 18.2 Å². The van der Waals surface area contributed by atoms with Gasteiger partial charge in [-0.2, -0.15) is 0 Å². The highest BCUT2D eigenvalue weighted by Gasteiger charge is 2.52. The summed E-state index contributed by atoms with van der Waals surface area (Å²) in [4.78, 5) is 11.2. The maximum atomic E-state index is 14.7. The average molecular weight is 308 g/mol. The molecule has 0 N–H and O–H groups in total. The summed E-state index contributed by atoms with van der Waals surface area (Å²) in [7, 11) is 0.572. The molecule has 0 aliphatic carbocycles. The molecule has 1 saturated heterocycles. The van der Waals surface area contributed by atoms with Crippen LogP contribution in [0.25, 0.3) is 0 Å². The van der Waals surface area contributed by atoms with Crippen LogP contribution in [-0.2, 0) is 25.3 Å². The molecule has 1 heterocycles. The number of hydrogen-bond acceptors (Lipinski definition) is 4. The first-order valence-corrected chi connectivity index (χ1v) is 7.37. The van der Waals surface area contributed by atoms with E-state index in [0.29, 0.717) is 11.0 Å². The van der Waals surface area contributed by atoms with Gasteiger partial charge in [0.05, 0.1) is 18.3 Å². The molecule has 0 radical (unpaired) electrons. The lowest BCUT2D eigenvalue weighted by Gasteiger charge is -2.32. The molecule has 2 rings (SSSR count). The third kappa shape index (κ3) is 3.18. The topological polar surface area (TPSA) is 44.8 Å². The molecule has 0 bridgehead atoms. The molecule has 1 aromatic rings. The van der Waals surface area contributed by atoms with Crippen LogP contribution in [0.5, 0.6) is 0 Å². The average Bonchev–Trinajstić information content (AvgIpc) is 2.65. The number of carbonyl (C=O) groups excluding carboxylic acids is 1. The lowest BCUT2D eigenvalue weighted by Crippen LogP contribution is -2.41. The van der Waals surface area contributed by atoms with Crippen LogP contribution in [0.4, 0.5) is 4.39 Å². The fraction of sp³-hybridized carbons (Fsp3) is 0.562. The molecule has 1 aliphatic heterocycles. The van der Waals surface area contributed by atoms with Gasteiger partial charge in [0.2, 0.25) is 0 Å². The Hall–Kier alpha value is -1.40. The lowest BCUT2D eigenvalue weighted by molar-refractivity contribution is -0.140. The quantitative estimate of drug-likeness (QED) is 0.632. The lowest BCUT2D eigenvalue weighted by atomic mass is 9.77. The van der Waals surface area contributed by atoms with Crippen molar-refractivity contribution in [2.24, 2.45) is 0 Å². The Kier molecular flexibility index (Phi) is 4.63. The van der Waals surface area contributed by atoms with Crippen molar-refractivity contribution in [3.63, 3.8) is 0 Å². The van der Waals surface area contributed by atoms with E-state index in [4.69, 9.17) is 9.31 Å². The molecule has 22 heavy (non-hydrogen) atoms. The number of halogens is 1. The van der Waals surface area contributed by atoms with Gasteiger partial charge in [0, 0.05) is 11.9 Å². The van der Waals surface area contributed by atoms with Crippen LogP contribution in [0, 0.1) is 5.82 Å². The SMILES string of the molecule is COC(=O)CCc1cccc(B2OC(C)(C)C(C)(C)O2)c1F. The first-order chi connectivity index (χ1) is 10.2. The van der Waals surface area contributed by atoms with Crippen LogP contribution in [0.1, 0.15) is 39.7 Å². The van der Waals surface area contributed by atoms with Crippen molar-refractivity contribution < 1.29 is 23.2 Å². The van der Waals surface area contributed by atoms with Crippen molar-refractivity contribution >= 4 is 18.6 Å². The predicted molar refractivity (Wildman–Crippen MR) is 82.5 cm³/mol. The molecular formula is C16H22BFO4. The second-order valence-corrected chi connectivity index (χ2v) is 6.48. The minimum absolute atomic E-state index is 0.139. The zero-order valence-corrected chi connectivity index (χ0v) is 13.7. The highest BCUT2D eigenvalue weighted by molar-refractivity contribution is 6.62. The van der Waals surface area contributed by atoms with E-state index in [1.165, 1.54) is 7.11 Å². The van der Waals surface area contributed by atoms with Crippen LogP contribution in [0.3, 0.4) is 0 Å². The number of methoxy groups -OCH3 is 1. The second-order valence-electron chi connectivity index (χ2n) is 6.48. The fourth-order valence-electron chi connectivity index (χ4n) is 2.28. The van der Waals surface area contributed by atoms with E-state index in [9.17, 15) is 9.18 Å². The largest absolute Gasteiger partial charge is 0.497 e. The fourth-order valence-corrected chi connectivity index (χ4v) is 2.28. The van der Waals surface area contributed by atoms with Gasteiger partial charge in [-0.15, -0.1) is 0 Å². The summed E-state index contributed by atoms with van der Waals surface area (Å²) in [5.74, 6) is -0.745. The van der Waals surface area contributed by atoms with Gasteiger partial charge >= 0.3 is 13.1 Å². The van der Waals surface area contributed by atoms with Crippen molar-refractivity contribution in [3.05, 3.63) is 29.6 Å². The number of hydrogen-bond donors (Lipinski definition) is 0. The number of carbonyl (C=O) groups is 1. The smallest absolute Gasteiger partial charge is 0.469 e. The Balaban J connectivity index is 2.21. The molecule has 6 heteroatoms. The van der Waals surface area contributed by atoms with Crippen molar-refractivity contribution in [3.8, 4) is 0 Å². The monoisotopic (exact) mass is 308 g/mol. The summed E-state index contributed by atoms with van der Waals surface area (Å²) in [6, 6.07) is 5.06. The molecule has 0 spiro atoms. The number of esters is 1. The third-order valence-electron chi connectivity index (χ3n) is 4.44. The molecule has 1 aliphatic rings. The summed E-state index contributed by atoms with van der Waals surface area (Å²) in [6.45, 7) is 7.69. The van der Waals surface area contributed by atoms with E-state index in [-0.39, 0.29) is 24.6 Å². The number of ether oxygens (including phenoxy) is 1. The normalized spacial score (nSPS) is 19.3. The molecule has 0 atom stereocenters. The van der Waals surface area contributed by atoms with Gasteiger partial charge in [0.25, 0.3) is 0 Å². The molecule has 0 amide bonds. The molecule has 0 aromatic heterocycles. The highest BCUT2D eigenvalue weighted by atomic mass is 19.1. The van der Waals surface area contributed by atoms with Crippen molar-refractivity contribution in [1.29, 1.82) is 0 Å². The maximum absolute atomic E-state index is 14.7. The minimum Gasteiger partial charge on any atom is -0.469 e. The first kappa shape index (κ1) is 17.0. The van der Waals surface area contributed by atoms with Gasteiger partial charge in [-0.25, -0.2) is 4.39 Å². The Labute approximate surface area is 131 Å². The zero-order chi connectivity index (χ0) is 16.5. The maximum Gasteiger partial charge on any atom is 0.497 e. The number of benzene rings is 1. The second kappa shape index (κ2) is 6.01. The van der Waals surface area contributed by atoms with E-state index in [1.807, 2.05) is 27.7 Å². The van der Waals surface area contributed by atoms with Gasteiger partial charge in [0.1, 0.15) is 5.82 Å². The van der Waals surface area contributed by atoms with E-state index in [0.717, 1.165) is 0 Å². The van der Waals surface area contributed by atoms with Gasteiger partial charge in [-0.05, 0) is 39.7 Å². The van der Waals surface area contributed by atoms with Crippen LogP contribution in [-0.4, -0.2) is 31.4 Å². The summed E-state index contributed by atoms with van der Waals surface area (Å²) in [5, 5.41) is 0. The Morgan fingerprint density at radius 2 is 1.82 bits per heavy atom. The molecular weight excluding hydrogens is 286 g/mol. The summed E-state index contributed by atoms with van der Waals surface area (Å²) in [6.07, 6.45) is 0.423. The van der Waals surface area contributed by atoms with Crippen molar-refractivity contribution in [1.82, 2.24) is 0 Å². The Morgan fingerprint density at radius 3 is 2.36 bits per heavy atom. The third-order valence-corrected chi connectivity index (χ3v) is 4.44. The van der Waals surface area contributed by atoms with E-state index < -0.39 is 18.3 Å². The van der Waals surface area contributed by atoms with Crippen molar-refractivity contribution in [2.75, 3.05) is 7.11 Å². The van der Waals surface area contributed by atoms with E-state index in [2.05, 4.69) is 4.74 Å². The number of aryl methyl sites for hydroxylation is 1. The van der Waals surface area contributed by atoms with Crippen LogP contribution < -0.4 is 5.46 Å². The highest BCUT2D eigenvalue weighted by Crippen LogP contribution is 2.36. The molecule has 120 valence electrons. The Bertz CT molecular complexity index is 555. The number of rotatable bonds is 4. The molecule has 0 unspecified atom stereocenters. The zero-order valence-electron chi connectivity index (χ0n) is 13.7. The van der Waals surface area contributed by atoms with Gasteiger partial charge < -0.3 is 14.0 Å². The van der Waals surface area contributed by atoms with Crippen LogP contribution >= 0.6 is 0 Å². The molecule has 0 saturated carbocycles. The van der Waals surface area contributed by atoms with Gasteiger partial charge in [-0.3, -0.25) is 4.79 Å². The van der Waals surface area contributed by atoms with Gasteiger partial charge in [0.15, 0.2) is 0 Å². The first-order valence-electron chi connectivity index (χ1n) is 7.37. The minimum atomic E-state index is -0.747. The van der Waals surface area contributed by atoms with Crippen molar-refractivity contribution in [2.45, 2.75) is 51.7 Å². The van der Waals surface area contributed by atoms with Crippen LogP contribution in [0.2, 0.25) is 0 Å². The molecule has 4 nitrogen and oxygen atoms in total. The summed E-state index contributed by atoms with van der Waals surface area (Å²) in [5.41, 5.74) is -0.225. The van der Waals surface area contributed by atoms with Gasteiger partial charge in [-0.1, -0.05) is 18.2 Å². The Morgan fingerprint density at radius 1 is 1.23 bits per heavy atom. The summed E-state index contributed by atoms with van der Waals surface area (Å²) < 4.78 is 31.0. The van der Waals surface area contributed by atoms with E-state index in [1.54, 1.807) is 18.2 Å². The predicted octanol–water partition coefficient (Wildman–Crippen LogP) is 2.23. The van der Waals surface area contributed by atoms with E-state index >= 15 is 0 Å². The summed E-state index contributed by atoms with van der Waals surface area (Å²) >= 11 is 0.